The normalized spacial score (nSPS) is 32.6. The van der Waals surface area contributed by atoms with Crippen LogP contribution >= 0.6 is 0 Å². The monoisotopic (exact) mass is 221 g/mol. The van der Waals surface area contributed by atoms with Crippen molar-refractivity contribution in [3.05, 3.63) is 24.2 Å². The van der Waals surface area contributed by atoms with E-state index < -0.39 is 0 Å². The summed E-state index contributed by atoms with van der Waals surface area (Å²) in [6.07, 6.45) is 5.75. The first-order valence-corrected chi connectivity index (χ1v) is 6.46. The molecule has 2 rings (SSSR count). The largest absolute Gasteiger partial charge is 0.468 e. The van der Waals surface area contributed by atoms with Gasteiger partial charge in [-0.15, -0.1) is 0 Å². The van der Waals surface area contributed by atoms with Gasteiger partial charge in [0.05, 0.1) is 12.3 Å². The summed E-state index contributed by atoms with van der Waals surface area (Å²) in [7, 11) is 0. The van der Waals surface area contributed by atoms with Crippen molar-refractivity contribution in [3.63, 3.8) is 0 Å². The Morgan fingerprint density at radius 1 is 1.38 bits per heavy atom. The molecule has 0 saturated heterocycles. The Bertz CT molecular complexity index is 307. The molecule has 0 spiro atoms. The lowest BCUT2D eigenvalue weighted by molar-refractivity contribution is 0.210. The summed E-state index contributed by atoms with van der Waals surface area (Å²) in [5, 5.41) is 3.70. The summed E-state index contributed by atoms with van der Waals surface area (Å²) < 4.78 is 5.43. The van der Waals surface area contributed by atoms with Crippen molar-refractivity contribution in [2.75, 3.05) is 0 Å². The van der Waals surface area contributed by atoms with Crippen LogP contribution in [0.15, 0.2) is 22.8 Å². The molecule has 0 aromatic carbocycles. The fraction of sp³-hybridized carbons (Fsp3) is 0.714. The third-order valence-electron chi connectivity index (χ3n) is 3.87. The first-order valence-electron chi connectivity index (χ1n) is 6.46. The average molecular weight is 221 g/mol. The van der Waals surface area contributed by atoms with Crippen molar-refractivity contribution in [1.29, 1.82) is 0 Å². The molecule has 0 radical (unpaired) electrons. The zero-order chi connectivity index (χ0) is 11.5. The zero-order valence-corrected chi connectivity index (χ0v) is 10.6. The Hall–Kier alpha value is -0.760. The molecule has 1 saturated carbocycles. The minimum atomic E-state index is 0.329. The van der Waals surface area contributed by atoms with E-state index in [1.807, 2.05) is 12.1 Å². The highest BCUT2D eigenvalue weighted by Gasteiger charge is 2.26. The summed E-state index contributed by atoms with van der Waals surface area (Å²) in [6.45, 7) is 6.91. The van der Waals surface area contributed by atoms with Crippen molar-refractivity contribution >= 4 is 0 Å². The van der Waals surface area contributed by atoms with Gasteiger partial charge in [-0.05, 0) is 50.2 Å². The second kappa shape index (κ2) is 5.05. The summed E-state index contributed by atoms with van der Waals surface area (Å²) in [6, 6.07) is 4.99. The van der Waals surface area contributed by atoms with Gasteiger partial charge in [0.15, 0.2) is 0 Å². The first kappa shape index (κ1) is 11.7. The molecule has 16 heavy (non-hydrogen) atoms. The molecular weight excluding hydrogens is 198 g/mol. The molecule has 1 heterocycles. The van der Waals surface area contributed by atoms with Gasteiger partial charge in [0, 0.05) is 6.04 Å². The van der Waals surface area contributed by atoms with E-state index in [-0.39, 0.29) is 0 Å². The molecule has 1 aliphatic rings. The van der Waals surface area contributed by atoms with Crippen LogP contribution in [0.25, 0.3) is 0 Å². The van der Waals surface area contributed by atoms with Crippen molar-refractivity contribution in [2.45, 2.75) is 52.1 Å². The molecule has 0 aliphatic heterocycles. The highest BCUT2D eigenvalue weighted by Crippen LogP contribution is 2.30. The van der Waals surface area contributed by atoms with Gasteiger partial charge in [0.2, 0.25) is 0 Å². The smallest absolute Gasteiger partial charge is 0.120 e. The summed E-state index contributed by atoms with van der Waals surface area (Å²) in [5.74, 6) is 2.72. The summed E-state index contributed by atoms with van der Waals surface area (Å²) >= 11 is 0. The van der Waals surface area contributed by atoms with E-state index in [0.29, 0.717) is 12.1 Å². The van der Waals surface area contributed by atoms with Crippen LogP contribution in [0.1, 0.15) is 51.8 Å². The average Bonchev–Trinajstić information content (AvgIpc) is 2.75. The molecule has 1 aromatic heterocycles. The SMILES string of the molecule is CC1CCC(N[C@H](C)c2ccco2)C(C)C1. The molecule has 0 amide bonds. The lowest BCUT2D eigenvalue weighted by Crippen LogP contribution is -2.40. The highest BCUT2D eigenvalue weighted by molar-refractivity contribution is 5.03. The molecule has 3 unspecified atom stereocenters. The standard InChI is InChI=1S/C14H23NO/c1-10-6-7-13(11(2)9-10)15-12(3)14-5-4-8-16-14/h4-5,8,10-13,15H,6-7,9H2,1-3H3/t10?,11?,12-,13?/m1/s1. The fourth-order valence-electron chi connectivity index (χ4n) is 2.85. The van der Waals surface area contributed by atoms with Crippen LogP contribution in [0, 0.1) is 11.8 Å². The van der Waals surface area contributed by atoms with Crippen LogP contribution in [0.5, 0.6) is 0 Å². The van der Waals surface area contributed by atoms with E-state index in [4.69, 9.17) is 4.42 Å². The quantitative estimate of drug-likeness (QED) is 0.840. The van der Waals surface area contributed by atoms with Gasteiger partial charge in [-0.25, -0.2) is 0 Å². The van der Waals surface area contributed by atoms with Crippen LogP contribution < -0.4 is 5.32 Å². The highest BCUT2D eigenvalue weighted by atomic mass is 16.3. The van der Waals surface area contributed by atoms with E-state index in [2.05, 4.69) is 26.1 Å². The lowest BCUT2D eigenvalue weighted by atomic mass is 9.79. The second-order valence-corrected chi connectivity index (χ2v) is 5.41. The third-order valence-corrected chi connectivity index (χ3v) is 3.87. The third kappa shape index (κ3) is 2.67. The minimum absolute atomic E-state index is 0.329. The van der Waals surface area contributed by atoms with Crippen LogP contribution in [-0.4, -0.2) is 6.04 Å². The predicted molar refractivity (Wildman–Crippen MR) is 66.2 cm³/mol. The molecule has 2 heteroatoms. The molecule has 1 N–H and O–H groups in total. The molecule has 4 atom stereocenters. The maximum Gasteiger partial charge on any atom is 0.120 e. The molecule has 0 bridgehead atoms. The van der Waals surface area contributed by atoms with E-state index in [1.54, 1.807) is 6.26 Å². The first-order chi connectivity index (χ1) is 7.66. The van der Waals surface area contributed by atoms with E-state index in [0.717, 1.165) is 17.6 Å². The van der Waals surface area contributed by atoms with Crippen LogP contribution in [-0.2, 0) is 0 Å². The second-order valence-electron chi connectivity index (χ2n) is 5.41. The maximum atomic E-state index is 5.43. The summed E-state index contributed by atoms with van der Waals surface area (Å²) in [4.78, 5) is 0. The number of hydrogen-bond acceptors (Lipinski definition) is 2. The van der Waals surface area contributed by atoms with Crippen molar-refractivity contribution in [2.24, 2.45) is 11.8 Å². The lowest BCUT2D eigenvalue weighted by Gasteiger charge is -2.34. The maximum absolute atomic E-state index is 5.43. The van der Waals surface area contributed by atoms with Gasteiger partial charge < -0.3 is 9.73 Å². The number of hydrogen-bond donors (Lipinski definition) is 1. The topological polar surface area (TPSA) is 25.2 Å². The predicted octanol–water partition coefficient (Wildman–Crippen LogP) is 3.75. The Morgan fingerprint density at radius 3 is 2.81 bits per heavy atom. The van der Waals surface area contributed by atoms with Crippen LogP contribution in [0.4, 0.5) is 0 Å². The number of furan rings is 1. The Balaban J connectivity index is 1.89. The van der Waals surface area contributed by atoms with Gasteiger partial charge in [-0.3, -0.25) is 0 Å². The van der Waals surface area contributed by atoms with Crippen molar-refractivity contribution in [3.8, 4) is 0 Å². The molecule has 1 aliphatic carbocycles. The molecule has 1 fully saturated rings. The van der Waals surface area contributed by atoms with Crippen molar-refractivity contribution < 1.29 is 4.42 Å². The summed E-state index contributed by atoms with van der Waals surface area (Å²) in [5.41, 5.74) is 0. The van der Waals surface area contributed by atoms with E-state index in [9.17, 15) is 0 Å². The molecule has 2 nitrogen and oxygen atoms in total. The zero-order valence-electron chi connectivity index (χ0n) is 10.6. The number of nitrogens with one attached hydrogen (secondary N) is 1. The van der Waals surface area contributed by atoms with Gasteiger partial charge >= 0.3 is 0 Å². The molecule has 90 valence electrons. The van der Waals surface area contributed by atoms with Gasteiger partial charge in [-0.1, -0.05) is 13.8 Å². The fourth-order valence-corrected chi connectivity index (χ4v) is 2.85. The molecular formula is C14H23NO. The number of rotatable bonds is 3. The Morgan fingerprint density at radius 2 is 2.19 bits per heavy atom. The Kier molecular flexibility index (Phi) is 3.70. The van der Waals surface area contributed by atoms with Gasteiger partial charge in [0.25, 0.3) is 0 Å². The van der Waals surface area contributed by atoms with Crippen LogP contribution in [0.3, 0.4) is 0 Å². The van der Waals surface area contributed by atoms with Crippen LogP contribution in [0.2, 0.25) is 0 Å². The van der Waals surface area contributed by atoms with Gasteiger partial charge in [0.1, 0.15) is 5.76 Å². The Labute approximate surface area is 98.4 Å². The van der Waals surface area contributed by atoms with E-state index >= 15 is 0 Å². The molecule has 1 aromatic rings. The van der Waals surface area contributed by atoms with Gasteiger partial charge in [-0.2, -0.15) is 0 Å². The van der Waals surface area contributed by atoms with E-state index in [1.165, 1.54) is 19.3 Å². The minimum Gasteiger partial charge on any atom is -0.468 e. The van der Waals surface area contributed by atoms with Crippen molar-refractivity contribution in [1.82, 2.24) is 5.32 Å².